The van der Waals surface area contributed by atoms with Gasteiger partial charge < -0.3 is 10.6 Å². The molecule has 4 nitrogen and oxygen atoms in total. The molecule has 4 heteroatoms. The molecule has 0 aromatic heterocycles. The van der Waals surface area contributed by atoms with Gasteiger partial charge >= 0.3 is 0 Å². The molecular formula is C19H20N2O2. The number of carbonyl (C=O) groups is 2. The fourth-order valence-electron chi connectivity index (χ4n) is 2.93. The summed E-state index contributed by atoms with van der Waals surface area (Å²) < 4.78 is 0. The molecule has 1 aliphatic rings. The van der Waals surface area contributed by atoms with E-state index in [2.05, 4.69) is 10.6 Å². The Balaban J connectivity index is 1.84. The number of carbonyl (C=O) groups excluding carboxylic acids is 2. The van der Waals surface area contributed by atoms with Gasteiger partial charge in [0.05, 0.1) is 5.92 Å². The van der Waals surface area contributed by atoms with Gasteiger partial charge in [0, 0.05) is 16.9 Å². The second-order valence-electron chi connectivity index (χ2n) is 6.33. The molecule has 0 aliphatic carbocycles. The van der Waals surface area contributed by atoms with Gasteiger partial charge in [-0.15, -0.1) is 0 Å². The van der Waals surface area contributed by atoms with Crippen LogP contribution in [0.4, 0.5) is 11.4 Å². The van der Waals surface area contributed by atoms with Crippen molar-refractivity contribution in [3.05, 3.63) is 59.2 Å². The fraction of sp³-hybridized carbons (Fsp3) is 0.263. The van der Waals surface area contributed by atoms with Gasteiger partial charge in [0.1, 0.15) is 0 Å². The maximum atomic E-state index is 12.3. The smallest absolute Gasteiger partial charge is 0.255 e. The lowest BCUT2D eigenvalue weighted by molar-refractivity contribution is -0.117. The molecule has 3 rings (SSSR count). The Morgan fingerprint density at radius 1 is 1.13 bits per heavy atom. The second-order valence-corrected chi connectivity index (χ2v) is 6.33. The topological polar surface area (TPSA) is 58.2 Å². The first-order chi connectivity index (χ1) is 11.0. The molecule has 1 heterocycles. The molecule has 118 valence electrons. The number of fused-ring (bicyclic) bond motifs is 1. The van der Waals surface area contributed by atoms with Gasteiger partial charge in [-0.3, -0.25) is 9.59 Å². The van der Waals surface area contributed by atoms with Crippen LogP contribution in [-0.2, 0) is 4.79 Å². The van der Waals surface area contributed by atoms with E-state index in [1.165, 1.54) is 0 Å². The van der Waals surface area contributed by atoms with Crippen LogP contribution < -0.4 is 10.6 Å². The monoisotopic (exact) mass is 308 g/mol. The van der Waals surface area contributed by atoms with E-state index in [0.29, 0.717) is 11.3 Å². The third-order valence-electron chi connectivity index (χ3n) is 4.17. The zero-order chi connectivity index (χ0) is 16.6. The molecule has 1 aliphatic heterocycles. The molecule has 1 atom stereocenters. The zero-order valence-electron chi connectivity index (χ0n) is 13.5. The first-order valence-electron chi connectivity index (χ1n) is 7.78. The summed E-state index contributed by atoms with van der Waals surface area (Å²) in [6, 6.07) is 13.0. The molecule has 0 radical (unpaired) electrons. The van der Waals surface area contributed by atoms with Crippen molar-refractivity contribution in [2.45, 2.75) is 26.7 Å². The van der Waals surface area contributed by atoms with Crippen LogP contribution in [0, 0.1) is 12.8 Å². The summed E-state index contributed by atoms with van der Waals surface area (Å²) in [5.41, 5.74) is 4.22. The van der Waals surface area contributed by atoms with Crippen LogP contribution in [0.2, 0.25) is 0 Å². The maximum absolute atomic E-state index is 12.3. The Morgan fingerprint density at radius 2 is 1.83 bits per heavy atom. The Labute approximate surface area is 135 Å². The standard InChI is InChI=1S/C19H20N2O2/c1-11(2)17-15-10-14(8-9-16(15)21-19(17)23)20-18(22)13-6-4-12(3)5-7-13/h4-11,17H,1-3H3,(H,20,22)(H,21,23). The van der Waals surface area contributed by atoms with Crippen molar-refractivity contribution < 1.29 is 9.59 Å². The molecular weight excluding hydrogens is 288 g/mol. The van der Waals surface area contributed by atoms with E-state index in [1.807, 2.05) is 51.1 Å². The van der Waals surface area contributed by atoms with Gasteiger partial charge in [-0.1, -0.05) is 31.5 Å². The van der Waals surface area contributed by atoms with Crippen LogP contribution >= 0.6 is 0 Å². The highest BCUT2D eigenvalue weighted by Crippen LogP contribution is 2.38. The highest BCUT2D eigenvalue weighted by molar-refractivity contribution is 6.06. The molecule has 2 aromatic rings. The molecule has 0 saturated heterocycles. The average Bonchev–Trinajstić information content (AvgIpc) is 2.83. The minimum Gasteiger partial charge on any atom is -0.325 e. The van der Waals surface area contributed by atoms with Crippen molar-refractivity contribution >= 4 is 23.2 Å². The number of nitrogens with one attached hydrogen (secondary N) is 2. The average molecular weight is 308 g/mol. The molecule has 2 amide bonds. The lowest BCUT2D eigenvalue weighted by atomic mass is 9.89. The number of rotatable bonds is 3. The van der Waals surface area contributed by atoms with Crippen LogP contribution in [0.5, 0.6) is 0 Å². The van der Waals surface area contributed by atoms with Gasteiger partial charge in [0.25, 0.3) is 5.91 Å². The lowest BCUT2D eigenvalue weighted by Crippen LogP contribution is -2.17. The highest BCUT2D eigenvalue weighted by Gasteiger charge is 2.33. The molecule has 2 aromatic carbocycles. The van der Waals surface area contributed by atoms with Crippen LogP contribution in [0.25, 0.3) is 0 Å². The van der Waals surface area contributed by atoms with E-state index >= 15 is 0 Å². The van der Waals surface area contributed by atoms with E-state index in [-0.39, 0.29) is 23.7 Å². The molecule has 0 fully saturated rings. The highest BCUT2D eigenvalue weighted by atomic mass is 16.2. The Bertz CT molecular complexity index is 763. The van der Waals surface area contributed by atoms with Gasteiger partial charge in [0.15, 0.2) is 0 Å². The van der Waals surface area contributed by atoms with E-state index in [9.17, 15) is 9.59 Å². The number of hydrogen-bond donors (Lipinski definition) is 2. The summed E-state index contributed by atoms with van der Waals surface area (Å²) in [5.74, 6) is -0.0825. The summed E-state index contributed by atoms with van der Waals surface area (Å²) in [4.78, 5) is 24.4. The van der Waals surface area contributed by atoms with Crippen molar-refractivity contribution in [1.29, 1.82) is 0 Å². The summed E-state index contributed by atoms with van der Waals surface area (Å²) in [7, 11) is 0. The van der Waals surface area contributed by atoms with Crippen molar-refractivity contribution in [3.63, 3.8) is 0 Å². The summed E-state index contributed by atoms with van der Waals surface area (Å²) >= 11 is 0. The molecule has 0 spiro atoms. The third kappa shape index (κ3) is 2.97. The minimum atomic E-state index is -0.166. The Kier molecular flexibility index (Phi) is 3.90. The van der Waals surface area contributed by atoms with E-state index in [0.717, 1.165) is 16.8 Å². The van der Waals surface area contributed by atoms with Crippen molar-refractivity contribution in [2.24, 2.45) is 5.92 Å². The maximum Gasteiger partial charge on any atom is 0.255 e. The van der Waals surface area contributed by atoms with E-state index in [1.54, 1.807) is 12.1 Å². The van der Waals surface area contributed by atoms with E-state index < -0.39 is 0 Å². The van der Waals surface area contributed by atoms with E-state index in [4.69, 9.17) is 0 Å². The minimum absolute atomic E-state index is 0.0250. The normalized spacial score (nSPS) is 16.2. The summed E-state index contributed by atoms with van der Waals surface area (Å²) in [6.07, 6.45) is 0. The van der Waals surface area contributed by atoms with Crippen LogP contribution in [0.3, 0.4) is 0 Å². The molecule has 23 heavy (non-hydrogen) atoms. The first kappa shape index (κ1) is 15.3. The SMILES string of the molecule is Cc1ccc(C(=O)Nc2ccc3c(c2)C(C(C)C)C(=O)N3)cc1. The van der Waals surface area contributed by atoms with Gasteiger partial charge in [-0.05, 0) is 48.7 Å². The predicted molar refractivity (Wildman–Crippen MR) is 91.8 cm³/mol. The van der Waals surface area contributed by atoms with Gasteiger partial charge in [-0.25, -0.2) is 0 Å². The fourth-order valence-corrected chi connectivity index (χ4v) is 2.93. The summed E-state index contributed by atoms with van der Waals surface area (Å²) in [6.45, 7) is 6.03. The van der Waals surface area contributed by atoms with Crippen LogP contribution in [0.1, 0.15) is 41.3 Å². The molecule has 0 saturated carbocycles. The number of amides is 2. The predicted octanol–water partition coefficient (Wildman–Crippen LogP) is 3.94. The molecule has 1 unspecified atom stereocenters. The van der Waals surface area contributed by atoms with Crippen molar-refractivity contribution in [1.82, 2.24) is 0 Å². The Hall–Kier alpha value is -2.62. The molecule has 0 bridgehead atoms. The molecule has 2 N–H and O–H groups in total. The number of aryl methyl sites for hydroxylation is 1. The lowest BCUT2D eigenvalue weighted by Gasteiger charge is -2.14. The summed E-state index contributed by atoms with van der Waals surface area (Å²) in [5, 5.41) is 5.80. The van der Waals surface area contributed by atoms with Crippen LogP contribution in [0.15, 0.2) is 42.5 Å². The number of anilines is 2. The van der Waals surface area contributed by atoms with Crippen LogP contribution in [-0.4, -0.2) is 11.8 Å². The first-order valence-corrected chi connectivity index (χ1v) is 7.78. The quantitative estimate of drug-likeness (QED) is 0.902. The number of hydrogen-bond acceptors (Lipinski definition) is 2. The third-order valence-corrected chi connectivity index (χ3v) is 4.17. The largest absolute Gasteiger partial charge is 0.325 e. The van der Waals surface area contributed by atoms with Crippen molar-refractivity contribution in [3.8, 4) is 0 Å². The van der Waals surface area contributed by atoms with Crippen molar-refractivity contribution in [2.75, 3.05) is 10.6 Å². The van der Waals surface area contributed by atoms with Gasteiger partial charge in [0.2, 0.25) is 5.91 Å². The second kappa shape index (κ2) is 5.88. The number of benzene rings is 2. The zero-order valence-corrected chi connectivity index (χ0v) is 13.5. The van der Waals surface area contributed by atoms with Gasteiger partial charge in [-0.2, -0.15) is 0 Å². The Morgan fingerprint density at radius 3 is 2.48 bits per heavy atom.